The van der Waals surface area contributed by atoms with E-state index in [2.05, 4.69) is 5.32 Å². The van der Waals surface area contributed by atoms with Crippen LogP contribution in [-0.4, -0.2) is 35.1 Å². The Kier molecular flexibility index (Phi) is 4.79. The number of carbonyl (C=O) groups is 2. The third kappa shape index (κ3) is 3.74. The molecule has 1 saturated heterocycles. The van der Waals surface area contributed by atoms with Crippen LogP contribution >= 0.6 is 0 Å². The van der Waals surface area contributed by atoms with Crippen LogP contribution in [-0.2, 0) is 4.79 Å². The van der Waals surface area contributed by atoms with Crippen LogP contribution in [0.3, 0.4) is 0 Å². The van der Waals surface area contributed by atoms with E-state index < -0.39 is 6.09 Å². The molecule has 0 spiro atoms. The van der Waals surface area contributed by atoms with Gasteiger partial charge >= 0.3 is 6.09 Å². The van der Waals surface area contributed by atoms with Crippen LogP contribution in [0.2, 0.25) is 0 Å². The largest absolute Gasteiger partial charge is 0.465 e. The second-order valence-electron chi connectivity index (χ2n) is 5.98. The molecule has 0 aliphatic carbocycles. The molecule has 0 bridgehead atoms. The zero-order chi connectivity index (χ0) is 16.9. The van der Waals surface area contributed by atoms with Crippen LogP contribution < -0.4 is 5.32 Å². The molecule has 2 amide bonds. The summed E-state index contributed by atoms with van der Waals surface area (Å²) in [6, 6.07) is 17.8. The number of carboxylic acid groups (broad SMARTS) is 1. The van der Waals surface area contributed by atoms with Crippen LogP contribution in [0, 0.1) is 5.92 Å². The number of benzene rings is 2. The van der Waals surface area contributed by atoms with Crippen molar-refractivity contribution >= 4 is 17.7 Å². The fourth-order valence-corrected chi connectivity index (χ4v) is 2.95. The topological polar surface area (TPSA) is 69.6 Å². The van der Waals surface area contributed by atoms with Crippen LogP contribution in [0.1, 0.15) is 12.8 Å². The lowest BCUT2D eigenvalue weighted by atomic mass is 9.96. The van der Waals surface area contributed by atoms with Gasteiger partial charge in [0.1, 0.15) is 0 Å². The monoisotopic (exact) mass is 324 g/mol. The molecule has 2 aromatic rings. The third-order valence-corrected chi connectivity index (χ3v) is 4.40. The Morgan fingerprint density at radius 1 is 0.917 bits per heavy atom. The lowest BCUT2D eigenvalue weighted by Crippen LogP contribution is -2.40. The van der Waals surface area contributed by atoms with Crippen LogP contribution in [0.25, 0.3) is 11.1 Å². The zero-order valence-electron chi connectivity index (χ0n) is 13.3. The Hall–Kier alpha value is -2.82. The van der Waals surface area contributed by atoms with E-state index in [1.165, 1.54) is 4.90 Å². The van der Waals surface area contributed by atoms with Crippen molar-refractivity contribution in [3.63, 3.8) is 0 Å². The molecule has 124 valence electrons. The quantitative estimate of drug-likeness (QED) is 0.905. The summed E-state index contributed by atoms with van der Waals surface area (Å²) in [7, 11) is 0. The van der Waals surface area contributed by atoms with Gasteiger partial charge in [0.15, 0.2) is 0 Å². The Balaban J connectivity index is 1.58. The van der Waals surface area contributed by atoms with Crippen molar-refractivity contribution in [1.82, 2.24) is 4.90 Å². The highest BCUT2D eigenvalue weighted by atomic mass is 16.4. The van der Waals surface area contributed by atoms with Crippen molar-refractivity contribution < 1.29 is 14.7 Å². The molecule has 3 rings (SSSR count). The average molecular weight is 324 g/mol. The van der Waals surface area contributed by atoms with Gasteiger partial charge < -0.3 is 15.3 Å². The number of nitrogens with one attached hydrogen (secondary N) is 1. The molecule has 1 heterocycles. The molecule has 1 aliphatic heterocycles. The van der Waals surface area contributed by atoms with Crippen LogP contribution in [0.5, 0.6) is 0 Å². The van der Waals surface area contributed by atoms with Gasteiger partial charge in [0.05, 0.1) is 0 Å². The van der Waals surface area contributed by atoms with E-state index in [0.717, 1.165) is 16.8 Å². The summed E-state index contributed by atoms with van der Waals surface area (Å²) in [6.45, 7) is 0.834. The molecule has 0 atom stereocenters. The Labute approximate surface area is 140 Å². The predicted octanol–water partition coefficient (Wildman–Crippen LogP) is 3.68. The fourth-order valence-electron chi connectivity index (χ4n) is 2.95. The number of nitrogens with zero attached hydrogens (tertiary/aromatic N) is 1. The first kappa shape index (κ1) is 16.1. The van der Waals surface area contributed by atoms with Crippen LogP contribution in [0.4, 0.5) is 10.5 Å². The summed E-state index contributed by atoms with van der Waals surface area (Å²) in [6.07, 6.45) is 0.228. The molecule has 5 heteroatoms. The van der Waals surface area contributed by atoms with Gasteiger partial charge in [-0.2, -0.15) is 0 Å². The van der Waals surface area contributed by atoms with Gasteiger partial charge in [-0.3, -0.25) is 4.79 Å². The number of carbonyl (C=O) groups excluding carboxylic acids is 1. The first-order valence-electron chi connectivity index (χ1n) is 8.08. The van der Waals surface area contributed by atoms with Crippen molar-refractivity contribution in [1.29, 1.82) is 0 Å². The number of piperidine rings is 1. The number of rotatable bonds is 3. The van der Waals surface area contributed by atoms with Gasteiger partial charge in [-0.25, -0.2) is 4.79 Å². The highest BCUT2D eigenvalue weighted by Crippen LogP contribution is 2.23. The first-order valence-corrected chi connectivity index (χ1v) is 8.08. The van der Waals surface area contributed by atoms with E-state index in [4.69, 9.17) is 5.11 Å². The van der Waals surface area contributed by atoms with E-state index in [1.807, 2.05) is 54.6 Å². The van der Waals surface area contributed by atoms with Crippen molar-refractivity contribution in [2.24, 2.45) is 5.92 Å². The number of hydrogen-bond donors (Lipinski definition) is 2. The number of amides is 2. The molecule has 0 radical (unpaired) electrons. The van der Waals surface area contributed by atoms with Crippen molar-refractivity contribution in [2.75, 3.05) is 18.4 Å². The lowest BCUT2D eigenvalue weighted by molar-refractivity contribution is -0.121. The summed E-state index contributed by atoms with van der Waals surface area (Å²) in [5.41, 5.74) is 3.00. The maximum absolute atomic E-state index is 12.3. The molecule has 2 N–H and O–H groups in total. The predicted molar refractivity (Wildman–Crippen MR) is 92.8 cm³/mol. The van der Waals surface area contributed by atoms with E-state index in [1.54, 1.807) is 0 Å². The Morgan fingerprint density at radius 3 is 2.08 bits per heavy atom. The summed E-state index contributed by atoms with van der Waals surface area (Å²) in [5, 5.41) is 11.9. The summed E-state index contributed by atoms with van der Waals surface area (Å²) < 4.78 is 0. The standard InChI is InChI=1S/C19H20N2O3/c22-18(16-10-12-21(13-11-16)19(23)24)20-17-8-6-15(7-9-17)14-4-2-1-3-5-14/h1-9,16H,10-13H2,(H,20,22)(H,23,24). The Morgan fingerprint density at radius 2 is 1.50 bits per heavy atom. The summed E-state index contributed by atoms with van der Waals surface area (Å²) in [5.74, 6) is -0.165. The molecule has 0 saturated carbocycles. The Bertz CT molecular complexity index is 705. The van der Waals surface area contributed by atoms with E-state index in [9.17, 15) is 9.59 Å². The molecule has 5 nitrogen and oxygen atoms in total. The van der Waals surface area contributed by atoms with Gasteiger partial charge in [-0.1, -0.05) is 42.5 Å². The van der Waals surface area contributed by atoms with E-state index in [-0.39, 0.29) is 11.8 Å². The zero-order valence-corrected chi connectivity index (χ0v) is 13.3. The SMILES string of the molecule is O=C(Nc1ccc(-c2ccccc2)cc1)C1CCN(C(=O)O)CC1. The van der Waals surface area contributed by atoms with Gasteiger partial charge in [0, 0.05) is 24.7 Å². The normalized spacial score (nSPS) is 15.1. The smallest absolute Gasteiger partial charge is 0.407 e. The number of anilines is 1. The van der Waals surface area contributed by atoms with Crippen molar-refractivity contribution in [3.05, 3.63) is 54.6 Å². The van der Waals surface area contributed by atoms with Crippen molar-refractivity contribution in [2.45, 2.75) is 12.8 Å². The van der Waals surface area contributed by atoms with E-state index >= 15 is 0 Å². The third-order valence-electron chi connectivity index (χ3n) is 4.40. The molecule has 24 heavy (non-hydrogen) atoms. The second-order valence-corrected chi connectivity index (χ2v) is 5.98. The van der Waals surface area contributed by atoms with Crippen LogP contribution in [0.15, 0.2) is 54.6 Å². The van der Waals surface area contributed by atoms with Gasteiger partial charge in [0.25, 0.3) is 0 Å². The molecule has 1 fully saturated rings. The van der Waals surface area contributed by atoms with Gasteiger partial charge in [0.2, 0.25) is 5.91 Å². The highest BCUT2D eigenvalue weighted by molar-refractivity contribution is 5.93. The molecular formula is C19H20N2O3. The molecule has 0 aromatic heterocycles. The van der Waals surface area contributed by atoms with Gasteiger partial charge in [-0.15, -0.1) is 0 Å². The van der Waals surface area contributed by atoms with Crippen molar-refractivity contribution in [3.8, 4) is 11.1 Å². The minimum atomic E-state index is -0.912. The molecule has 2 aromatic carbocycles. The average Bonchev–Trinajstić information content (AvgIpc) is 2.63. The van der Waals surface area contributed by atoms with E-state index in [0.29, 0.717) is 25.9 Å². The fraction of sp³-hybridized carbons (Fsp3) is 0.263. The number of hydrogen-bond acceptors (Lipinski definition) is 2. The van der Waals surface area contributed by atoms with Gasteiger partial charge in [-0.05, 0) is 36.1 Å². The second kappa shape index (κ2) is 7.17. The minimum absolute atomic E-state index is 0.0347. The molecule has 0 unspecified atom stereocenters. The maximum Gasteiger partial charge on any atom is 0.407 e. The number of likely N-dealkylation sites (tertiary alicyclic amines) is 1. The first-order chi connectivity index (χ1) is 11.6. The highest BCUT2D eigenvalue weighted by Gasteiger charge is 2.27. The minimum Gasteiger partial charge on any atom is -0.465 e. The lowest BCUT2D eigenvalue weighted by Gasteiger charge is -2.29. The molecular weight excluding hydrogens is 304 g/mol. The summed E-state index contributed by atoms with van der Waals surface area (Å²) in [4.78, 5) is 24.6. The maximum atomic E-state index is 12.3. The summed E-state index contributed by atoms with van der Waals surface area (Å²) >= 11 is 0. The molecule has 1 aliphatic rings.